The van der Waals surface area contributed by atoms with E-state index < -0.39 is 5.91 Å². The molecular formula is C11H21N3O2. The van der Waals surface area contributed by atoms with Crippen LogP contribution in [0.2, 0.25) is 0 Å². The zero-order valence-electron chi connectivity index (χ0n) is 10.3. The summed E-state index contributed by atoms with van der Waals surface area (Å²) in [5, 5.41) is 3.15. The van der Waals surface area contributed by atoms with E-state index in [0.717, 1.165) is 19.5 Å². The summed E-state index contributed by atoms with van der Waals surface area (Å²) in [6.07, 6.45) is 0.858. The van der Waals surface area contributed by atoms with E-state index in [1.807, 2.05) is 13.8 Å². The lowest BCUT2D eigenvalue weighted by Gasteiger charge is -2.30. The number of hydrogen-bond donors (Lipinski definition) is 1. The van der Waals surface area contributed by atoms with E-state index in [4.69, 9.17) is 0 Å². The number of nitrogens with zero attached hydrogens (tertiary/aromatic N) is 2. The Hall–Kier alpha value is -1.10. The van der Waals surface area contributed by atoms with Gasteiger partial charge in [-0.05, 0) is 13.3 Å². The maximum absolute atomic E-state index is 11.9. The summed E-state index contributed by atoms with van der Waals surface area (Å²) in [6.45, 7) is 6.74. The molecule has 0 bridgehead atoms. The highest BCUT2D eigenvalue weighted by molar-refractivity contribution is 6.34. The van der Waals surface area contributed by atoms with Crippen molar-refractivity contribution in [3.05, 3.63) is 0 Å². The van der Waals surface area contributed by atoms with Crippen LogP contribution in [-0.2, 0) is 9.59 Å². The first-order valence-corrected chi connectivity index (χ1v) is 5.84. The molecule has 1 heterocycles. The Kier molecular flexibility index (Phi) is 4.73. The summed E-state index contributed by atoms with van der Waals surface area (Å²) in [7, 11) is 1.69. The predicted molar refractivity (Wildman–Crippen MR) is 62.0 cm³/mol. The van der Waals surface area contributed by atoms with Crippen molar-refractivity contribution in [1.29, 1.82) is 0 Å². The van der Waals surface area contributed by atoms with Crippen molar-refractivity contribution in [2.24, 2.45) is 0 Å². The van der Waals surface area contributed by atoms with Crippen LogP contribution < -0.4 is 5.32 Å². The number of likely N-dealkylation sites (N-methyl/N-ethyl adjacent to an activating group) is 1. The minimum Gasteiger partial charge on any atom is -0.335 e. The molecule has 2 amide bonds. The van der Waals surface area contributed by atoms with E-state index in [1.165, 1.54) is 4.90 Å². The van der Waals surface area contributed by atoms with E-state index in [2.05, 4.69) is 5.32 Å². The molecule has 1 rings (SSSR count). The smallest absolute Gasteiger partial charge is 0.312 e. The summed E-state index contributed by atoms with van der Waals surface area (Å²) in [4.78, 5) is 26.9. The van der Waals surface area contributed by atoms with Crippen LogP contribution in [0.25, 0.3) is 0 Å². The van der Waals surface area contributed by atoms with Crippen molar-refractivity contribution in [3.8, 4) is 0 Å². The van der Waals surface area contributed by atoms with Gasteiger partial charge in [-0.1, -0.05) is 6.92 Å². The largest absolute Gasteiger partial charge is 0.335 e. The molecule has 1 aliphatic heterocycles. The van der Waals surface area contributed by atoms with Gasteiger partial charge in [-0.2, -0.15) is 0 Å². The Balaban J connectivity index is 2.55. The number of piperazine rings is 1. The maximum atomic E-state index is 11.9. The Morgan fingerprint density at radius 2 is 1.94 bits per heavy atom. The number of amides is 2. The zero-order valence-corrected chi connectivity index (χ0v) is 10.3. The highest BCUT2D eigenvalue weighted by atomic mass is 16.2. The molecule has 0 radical (unpaired) electrons. The topological polar surface area (TPSA) is 52.7 Å². The van der Waals surface area contributed by atoms with Crippen molar-refractivity contribution < 1.29 is 9.59 Å². The van der Waals surface area contributed by atoms with Crippen LogP contribution >= 0.6 is 0 Å². The molecule has 0 saturated carbocycles. The molecule has 1 atom stereocenters. The van der Waals surface area contributed by atoms with Gasteiger partial charge >= 0.3 is 11.8 Å². The van der Waals surface area contributed by atoms with Crippen molar-refractivity contribution in [3.63, 3.8) is 0 Å². The third-order valence-electron chi connectivity index (χ3n) is 3.16. The zero-order chi connectivity index (χ0) is 12.1. The number of rotatable bonds is 2. The molecule has 1 saturated heterocycles. The molecule has 0 spiro atoms. The first-order chi connectivity index (χ1) is 7.57. The van der Waals surface area contributed by atoms with Crippen LogP contribution in [0.4, 0.5) is 0 Å². The Morgan fingerprint density at radius 3 is 2.44 bits per heavy atom. The summed E-state index contributed by atoms with van der Waals surface area (Å²) in [5.74, 6) is -0.763. The number of carbonyl (C=O) groups excluding carboxylic acids is 2. The van der Waals surface area contributed by atoms with Gasteiger partial charge in [0.25, 0.3) is 0 Å². The van der Waals surface area contributed by atoms with Crippen LogP contribution in [0, 0.1) is 0 Å². The van der Waals surface area contributed by atoms with E-state index >= 15 is 0 Å². The van der Waals surface area contributed by atoms with E-state index in [0.29, 0.717) is 13.1 Å². The van der Waals surface area contributed by atoms with Gasteiger partial charge < -0.3 is 15.1 Å². The first kappa shape index (κ1) is 13.0. The SMILES string of the molecule is CCC(C)N(C)C(=O)C(=O)N1CCNCC1. The van der Waals surface area contributed by atoms with Gasteiger partial charge in [0, 0.05) is 39.3 Å². The van der Waals surface area contributed by atoms with Gasteiger partial charge in [0.15, 0.2) is 0 Å². The third kappa shape index (κ3) is 2.95. The molecule has 1 aliphatic rings. The lowest BCUT2D eigenvalue weighted by atomic mass is 10.2. The van der Waals surface area contributed by atoms with Crippen molar-refractivity contribution >= 4 is 11.8 Å². The first-order valence-electron chi connectivity index (χ1n) is 5.84. The fraction of sp³-hybridized carbons (Fsp3) is 0.818. The average molecular weight is 227 g/mol. The van der Waals surface area contributed by atoms with Crippen molar-refractivity contribution in [1.82, 2.24) is 15.1 Å². The molecule has 16 heavy (non-hydrogen) atoms. The van der Waals surface area contributed by atoms with Gasteiger partial charge in [0.2, 0.25) is 0 Å². The minimum absolute atomic E-state index is 0.111. The molecule has 5 heteroatoms. The quantitative estimate of drug-likeness (QED) is 0.658. The molecule has 5 nitrogen and oxygen atoms in total. The summed E-state index contributed by atoms with van der Waals surface area (Å²) in [6, 6.07) is 0.111. The molecule has 0 aromatic carbocycles. The molecule has 1 fully saturated rings. The highest BCUT2D eigenvalue weighted by Gasteiger charge is 2.27. The number of nitrogens with one attached hydrogen (secondary N) is 1. The second kappa shape index (κ2) is 5.84. The van der Waals surface area contributed by atoms with Gasteiger partial charge in [0.1, 0.15) is 0 Å². The van der Waals surface area contributed by atoms with Crippen LogP contribution in [-0.4, -0.2) is 60.9 Å². The van der Waals surface area contributed by atoms with Gasteiger partial charge in [-0.25, -0.2) is 0 Å². The van der Waals surface area contributed by atoms with Gasteiger partial charge in [-0.15, -0.1) is 0 Å². The van der Waals surface area contributed by atoms with Gasteiger partial charge in [0.05, 0.1) is 0 Å². The monoisotopic (exact) mass is 227 g/mol. The second-order valence-corrected chi connectivity index (χ2v) is 4.22. The predicted octanol–water partition coefficient (Wildman–Crippen LogP) is -0.325. The Labute approximate surface area is 96.8 Å². The number of carbonyl (C=O) groups is 2. The Bertz CT molecular complexity index is 250. The standard InChI is InChI=1S/C11H21N3O2/c1-4-9(2)13(3)10(15)11(16)14-7-5-12-6-8-14/h9,12H,4-8H2,1-3H3. The fourth-order valence-electron chi connectivity index (χ4n) is 1.63. The second-order valence-electron chi connectivity index (χ2n) is 4.22. The highest BCUT2D eigenvalue weighted by Crippen LogP contribution is 2.03. The maximum Gasteiger partial charge on any atom is 0.312 e. The average Bonchev–Trinajstić information content (AvgIpc) is 2.36. The summed E-state index contributed by atoms with van der Waals surface area (Å²) >= 11 is 0. The molecule has 0 aromatic rings. The van der Waals surface area contributed by atoms with Crippen LogP contribution in [0.15, 0.2) is 0 Å². The molecule has 92 valence electrons. The molecule has 1 N–H and O–H groups in total. The van der Waals surface area contributed by atoms with E-state index in [-0.39, 0.29) is 11.9 Å². The summed E-state index contributed by atoms with van der Waals surface area (Å²) < 4.78 is 0. The normalized spacial score (nSPS) is 18.1. The molecule has 1 unspecified atom stereocenters. The van der Waals surface area contributed by atoms with Crippen molar-refractivity contribution in [2.45, 2.75) is 26.3 Å². The molecule has 0 aromatic heterocycles. The van der Waals surface area contributed by atoms with Crippen LogP contribution in [0.1, 0.15) is 20.3 Å². The third-order valence-corrected chi connectivity index (χ3v) is 3.16. The van der Waals surface area contributed by atoms with Crippen LogP contribution in [0.5, 0.6) is 0 Å². The fourth-order valence-corrected chi connectivity index (χ4v) is 1.63. The van der Waals surface area contributed by atoms with Crippen molar-refractivity contribution in [2.75, 3.05) is 33.2 Å². The molecular weight excluding hydrogens is 206 g/mol. The lowest BCUT2D eigenvalue weighted by molar-refractivity contribution is -0.152. The summed E-state index contributed by atoms with van der Waals surface area (Å²) in [5.41, 5.74) is 0. The lowest BCUT2D eigenvalue weighted by Crippen LogP contribution is -2.52. The molecule has 0 aliphatic carbocycles. The Morgan fingerprint density at radius 1 is 1.38 bits per heavy atom. The van der Waals surface area contributed by atoms with Gasteiger partial charge in [-0.3, -0.25) is 9.59 Å². The van der Waals surface area contributed by atoms with E-state index in [9.17, 15) is 9.59 Å². The minimum atomic E-state index is -0.392. The van der Waals surface area contributed by atoms with E-state index in [1.54, 1.807) is 11.9 Å². The number of hydrogen-bond acceptors (Lipinski definition) is 3. The van der Waals surface area contributed by atoms with Crippen LogP contribution in [0.3, 0.4) is 0 Å².